The van der Waals surface area contributed by atoms with Gasteiger partial charge in [-0.2, -0.15) is 13.2 Å². The van der Waals surface area contributed by atoms with E-state index in [1.54, 1.807) is 0 Å². The number of alkyl halides is 3. The second kappa shape index (κ2) is 7.82. The Morgan fingerprint density at radius 1 is 1.00 bits per heavy atom. The molecule has 1 heterocycles. The minimum atomic E-state index is -3.99. The summed E-state index contributed by atoms with van der Waals surface area (Å²) in [6, 6.07) is 0.296. The molecule has 1 saturated heterocycles. The fraction of sp³-hybridized carbons (Fsp3) is 1.00. The average molecular weight is 306 g/mol. The third kappa shape index (κ3) is 5.78. The largest absolute Gasteiger partial charge is 0.391 e. The molecule has 124 valence electrons. The number of nitrogens with one attached hydrogen (secondary N) is 1. The van der Waals surface area contributed by atoms with Crippen molar-refractivity contribution in [3.63, 3.8) is 0 Å². The molecule has 0 bridgehead atoms. The minimum Gasteiger partial charge on any atom is -0.314 e. The van der Waals surface area contributed by atoms with Gasteiger partial charge in [0, 0.05) is 6.04 Å². The Bertz CT molecular complexity index is 290. The Morgan fingerprint density at radius 2 is 1.62 bits per heavy atom. The molecule has 1 aliphatic carbocycles. The Hall–Kier alpha value is -0.290. The minimum absolute atomic E-state index is 0.296. The van der Waals surface area contributed by atoms with Crippen molar-refractivity contribution in [1.82, 2.24) is 10.2 Å². The van der Waals surface area contributed by atoms with Gasteiger partial charge in [-0.25, -0.2) is 0 Å². The van der Waals surface area contributed by atoms with Crippen LogP contribution in [0, 0.1) is 11.8 Å². The topological polar surface area (TPSA) is 15.3 Å². The van der Waals surface area contributed by atoms with E-state index in [2.05, 4.69) is 17.1 Å². The van der Waals surface area contributed by atoms with Crippen LogP contribution in [0.5, 0.6) is 0 Å². The first-order chi connectivity index (χ1) is 9.95. The monoisotopic (exact) mass is 306 g/mol. The number of rotatable bonds is 5. The van der Waals surface area contributed by atoms with E-state index < -0.39 is 12.1 Å². The number of nitrogens with zero attached hydrogens (tertiary/aromatic N) is 1. The van der Waals surface area contributed by atoms with Crippen LogP contribution in [0.4, 0.5) is 13.2 Å². The number of halogens is 3. The zero-order valence-corrected chi connectivity index (χ0v) is 13.1. The molecule has 0 radical (unpaired) electrons. The third-order valence-electron chi connectivity index (χ3n) is 5.15. The molecule has 0 aromatic rings. The first-order valence-electron chi connectivity index (χ1n) is 8.47. The second-order valence-electron chi connectivity index (χ2n) is 6.92. The molecule has 0 aromatic heterocycles. The number of hydrogen-bond acceptors (Lipinski definition) is 2. The fourth-order valence-corrected chi connectivity index (χ4v) is 3.52. The lowest BCUT2D eigenvalue weighted by molar-refractivity contribution is -0.182. The van der Waals surface area contributed by atoms with Gasteiger partial charge >= 0.3 is 6.18 Å². The van der Waals surface area contributed by atoms with Gasteiger partial charge in [0.1, 0.15) is 0 Å². The predicted molar refractivity (Wildman–Crippen MR) is 79.3 cm³/mol. The highest BCUT2D eigenvalue weighted by molar-refractivity contribution is 4.80. The molecule has 1 saturated carbocycles. The van der Waals surface area contributed by atoms with Crippen LogP contribution in [-0.4, -0.2) is 43.3 Å². The number of hydrogen-bond donors (Lipinski definition) is 1. The normalized spacial score (nSPS) is 29.7. The maximum atomic E-state index is 12.6. The smallest absolute Gasteiger partial charge is 0.314 e. The molecule has 2 rings (SSSR count). The van der Waals surface area contributed by atoms with E-state index in [1.807, 2.05) is 0 Å². The van der Waals surface area contributed by atoms with Gasteiger partial charge in [0.15, 0.2) is 0 Å². The van der Waals surface area contributed by atoms with Crippen LogP contribution in [0.1, 0.15) is 51.9 Å². The quantitative estimate of drug-likeness (QED) is 0.777. The molecular formula is C16H29F3N2. The molecule has 21 heavy (non-hydrogen) atoms. The molecule has 0 aromatic carbocycles. The molecule has 1 N–H and O–H groups in total. The van der Waals surface area contributed by atoms with Crippen LogP contribution in [0.3, 0.4) is 0 Å². The number of likely N-dealkylation sites (tertiary alicyclic amines) is 1. The summed E-state index contributed by atoms with van der Waals surface area (Å²) in [7, 11) is 0. The maximum Gasteiger partial charge on any atom is 0.391 e. The van der Waals surface area contributed by atoms with Gasteiger partial charge < -0.3 is 10.2 Å². The Morgan fingerprint density at radius 3 is 2.19 bits per heavy atom. The zero-order valence-electron chi connectivity index (χ0n) is 13.1. The van der Waals surface area contributed by atoms with Crippen molar-refractivity contribution in [2.75, 3.05) is 26.2 Å². The summed E-state index contributed by atoms with van der Waals surface area (Å²) in [5.41, 5.74) is 0. The van der Waals surface area contributed by atoms with Gasteiger partial charge in [0.05, 0.1) is 5.92 Å². The molecule has 0 atom stereocenters. The van der Waals surface area contributed by atoms with Gasteiger partial charge in [-0.1, -0.05) is 6.92 Å². The summed E-state index contributed by atoms with van der Waals surface area (Å²) < 4.78 is 37.7. The van der Waals surface area contributed by atoms with Crippen LogP contribution in [-0.2, 0) is 0 Å². The molecule has 0 spiro atoms. The highest BCUT2D eigenvalue weighted by atomic mass is 19.4. The van der Waals surface area contributed by atoms with E-state index in [0.717, 1.165) is 25.4 Å². The van der Waals surface area contributed by atoms with Crippen LogP contribution >= 0.6 is 0 Å². The molecule has 0 amide bonds. The van der Waals surface area contributed by atoms with Crippen molar-refractivity contribution < 1.29 is 13.2 Å². The summed E-state index contributed by atoms with van der Waals surface area (Å²) in [6.07, 6.45) is 1.65. The van der Waals surface area contributed by atoms with Gasteiger partial charge in [0.2, 0.25) is 0 Å². The predicted octanol–water partition coefficient (Wildman–Crippen LogP) is 3.82. The first-order valence-corrected chi connectivity index (χ1v) is 8.47. The summed E-state index contributed by atoms with van der Waals surface area (Å²) >= 11 is 0. The van der Waals surface area contributed by atoms with Crippen molar-refractivity contribution in [1.29, 1.82) is 0 Å². The van der Waals surface area contributed by atoms with Gasteiger partial charge in [-0.05, 0) is 77.0 Å². The van der Waals surface area contributed by atoms with Crippen LogP contribution in [0.2, 0.25) is 0 Å². The van der Waals surface area contributed by atoms with E-state index in [9.17, 15) is 13.2 Å². The zero-order chi connectivity index (χ0) is 15.3. The highest BCUT2D eigenvalue weighted by Gasteiger charge is 2.41. The van der Waals surface area contributed by atoms with Crippen molar-refractivity contribution in [2.45, 2.75) is 64.1 Å². The van der Waals surface area contributed by atoms with Crippen molar-refractivity contribution in [3.05, 3.63) is 0 Å². The standard InChI is InChI=1S/C16H29F3N2/c1-13-7-11-21(12-8-13)10-2-9-20-15-5-3-14(4-6-15)16(17,18)19/h13-15,20H,2-12H2,1H3. The maximum absolute atomic E-state index is 12.6. The Kier molecular flexibility index (Phi) is 6.35. The molecule has 1 aliphatic heterocycles. The van der Waals surface area contributed by atoms with E-state index in [0.29, 0.717) is 31.7 Å². The molecule has 5 heteroatoms. The van der Waals surface area contributed by atoms with Crippen molar-refractivity contribution >= 4 is 0 Å². The van der Waals surface area contributed by atoms with Crippen LogP contribution < -0.4 is 5.32 Å². The SMILES string of the molecule is CC1CCN(CCCNC2CCC(C(F)(F)F)CC2)CC1. The lowest BCUT2D eigenvalue weighted by Gasteiger charge is -2.32. The number of piperidine rings is 1. The lowest BCUT2D eigenvalue weighted by atomic mass is 9.85. The van der Waals surface area contributed by atoms with Crippen LogP contribution in [0.15, 0.2) is 0 Å². The molecule has 2 fully saturated rings. The summed E-state index contributed by atoms with van der Waals surface area (Å²) in [4.78, 5) is 2.52. The molecular weight excluding hydrogens is 277 g/mol. The van der Waals surface area contributed by atoms with Gasteiger partial charge in [0.25, 0.3) is 0 Å². The van der Waals surface area contributed by atoms with Crippen LogP contribution in [0.25, 0.3) is 0 Å². The summed E-state index contributed by atoms with van der Waals surface area (Å²) in [6.45, 7) is 6.79. The second-order valence-corrected chi connectivity index (χ2v) is 6.92. The fourth-order valence-electron chi connectivity index (χ4n) is 3.52. The summed E-state index contributed by atoms with van der Waals surface area (Å²) in [5, 5.41) is 3.45. The third-order valence-corrected chi connectivity index (χ3v) is 5.15. The molecule has 2 aliphatic rings. The molecule has 0 unspecified atom stereocenters. The van der Waals surface area contributed by atoms with E-state index in [1.165, 1.54) is 25.9 Å². The highest BCUT2D eigenvalue weighted by Crippen LogP contribution is 2.37. The Balaban J connectivity index is 1.52. The lowest BCUT2D eigenvalue weighted by Crippen LogP contribution is -2.39. The van der Waals surface area contributed by atoms with Crippen molar-refractivity contribution in [2.24, 2.45) is 11.8 Å². The van der Waals surface area contributed by atoms with E-state index in [4.69, 9.17) is 0 Å². The van der Waals surface area contributed by atoms with Gasteiger partial charge in [-0.15, -0.1) is 0 Å². The molecule has 2 nitrogen and oxygen atoms in total. The van der Waals surface area contributed by atoms with Gasteiger partial charge in [-0.3, -0.25) is 0 Å². The van der Waals surface area contributed by atoms with E-state index in [-0.39, 0.29) is 0 Å². The van der Waals surface area contributed by atoms with E-state index >= 15 is 0 Å². The van der Waals surface area contributed by atoms with Crippen molar-refractivity contribution in [3.8, 4) is 0 Å². The summed E-state index contributed by atoms with van der Waals surface area (Å²) in [5.74, 6) is -0.200. The Labute approximate surface area is 126 Å². The average Bonchev–Trinajstić information content (AvgIpc) is 2.45. The first kappa shape index (κ1) is 17.1.